The van der Waals surface area contributed by atoms with Crippen LogP contribution in [0, 0.1) is 6.92 Å². The summed E-state index contributed by atoms with van der Waals surface area (Å²) in [6.07, 6.45) is 2.75. The Morgan fingerprint density at radius 2 is 1.88 bits per heavy atom. The summed E-state index contributed by atoms with van der Waals surface area (Å²) in [5, 5.41) is 9.46. The molecule has 0 spiro atoms. The normalized spacial score (nSPS) is 11.5. The summed E-state index contributed by atoms with van der Waals surface area (Å²) in [6, 6.07) is 5.89. The zero-order valence-electron chi connectivity index (χ0n) is 15.0. The van der Waals surface area contributed by atoms with E-state index in [2.05, 4.69) is 29.9 Å². The van der Waals surface area contributed by atoms with Crippen LogP contribution in [0.2, 0.25) is 0 Å². The highest BCUT2D eigenvalue weighted by Crippen LogP contribution is 2.35. The zero-order valence-corrected chi connectivity index (χ0v) is 15.0. The quantitative estimate of drug-likeness (QED) is 0.793. The summed E-state index contributed by atoms with van der Waals surface area (Å²) < 4.78 is 11.1. The molecule has 0 aliphatic carbocycles. The van der Waals surface area contributed by atoms with Gasteiger partial charge in [-0.2, -0.15) is 0 Å². The van der Waals surface area contributed by atoms with Crippen molar-refractivity contribution < 1.29 is 19.4 Å². The highest BCUT2D eigenvalue weighted by molar-refractivity contribution is 6.16. The highest BCUT2D eigenvalue weighted by atomic mass is 16.5. The number of ether oxygens (including phenoxy) is 2. The van der Waals surface area contributed by atoms with Gasteiger partial charge in [0.15, 0.2) is 0 Å². The van der Waals surface area contributed by atoms with Crippen molar-refractivity contribution in [2.45, 2.75) is 33.6 Å². The predicted octanol–water partition coefficient (Wildman–Crippen LogP) is 4.20. The molecule has 0 amide bonds. The van der Waals surface area contributed by atoms with Crippen LogP contribution in [0.1, 0.15) is 43.4 Å². The largest absolute Gasteiger partial charge is 0.480 e. The number of benzene rings is 1. The molecule has 0 saturated heterocycles. The summed E-state index contributed by atoms with van der Waals surface area (Å²) in [5.41, 5.74) is 2.41. The Balaban J connectivity index is 2.56. The van der Waals surface area contributed by atoms with E-state index in [-0.39, 0.29) is 22.9 Å². The van der Waals surface area contributed by atoms with Crippen molar-refractivity contribution in [2.24, 2.45) is 0 Å². The minimum absolute atomic E-state index is 0.0178. The molecule has 132 valence electrons. The molecule has 0 bridgehead atoms. The molecule has 6 nitrogen and oxygen atoms in total. The van der Waals surface area contributed by atoms with Gasteiger partial charge in [-0.15, -0.1) is 0 Å². The summed E-state index contributed by atoms with van der Waals surface area (Å²) in [6.45, 7) is 7.80. The van der Waals surface area contributed by atoms with Crippen LogP contribution < -0.4 is 9.47 Å². The molecular formula is C19H22N2O4. The van der Waals surface area contributed by atoms with Crippen LogP contribution in [0.3, 0.4) is 0 Å². The first-order chi connectivity index (χ1) is 11.9. The second-order valence-electron chi connectivity index (χ2n) is 5.91. The van der Waals surface area contributed by atoms with Crippen LogP contribution >= 0.6 is 0 Å². The fourth-order valence-electron chi connectivity index (χ4n) is 2.47. The van der Waals surface area contributed by atoms with Crippen molar-refractivity contribution >= 4 is 11.5 Å². The van der Waals surface area contributed by atoms with E-state index in [4.69, 9.17) is 9.47 Å². The van der Waals surface area contributed by atoms with Gasteiger partial charge in [-0.25, -0.2) is 14.8 Å². The lowest BCUT2D eigenvalue weighted by Gasteiger charge is -2.15. The standard InChI is InChI=1S/C19H22N2O4/c1-6-15(19(22)23)16-17(24-5)20-10-21-18(16)25-14-8-12(4)7-13(9-14)11(2)3/h6-11H,1-5H3,(H,22,23). The number of aliphatic carboxylic acids is 1. The average molecular weight is 342 g/mol. The van der Waals surface area contributed by atoms with E-state index in [0.717, 1.165) is 11.1 Å². The van der Waals surface area contributed by atoms with Gasteiger partial charge < -0.3 is 14.6 Å². The van der Waals surface area contributed by atoms with E-state index in [1.165, 1.54) is 19.5 Å². The molecule has 0 fully saturated rings. The van der Waals surface area contributed by atoms with Crippen LogP contribution in [-0.4, -0.2) is 28.2 Å². The molecule has 6 heteroatoms. The van der Waals surface area contributed by atoms with Crippen molar-refractivity contribution in [3.63, 3.8) is 0 Å². The van der Waals surface area contributed by atoms with Crippen LogP contribution in [0.25, 0.3) is 5.57 Å². The molecule has 2 rings (SSSR count). The number of carboxylic acid groups (broad SMARTS) is 1. The average Bonchev–Trinajstić information content (AvgIpc) is 2.55. The lowest BCUT2D eigenvalue weighted by Crippen LogP contribution is -2.06. The van der Waals surface area contributed by atoms with Gasteiger partial charge >= 0.3 is 5.97 Å². The highest BCUT2D eigenvalue weighted by Gasteiger charge is 2.23. The Morgan fingerprint density at radius 3 is 2.44 bits per heavy atom. The van der Waals surface area contributed by atoms with Gasteiger partial charge in [-0.1, -0.05) is 26.0 Å². The van der Waals surface area contributed by atoms with Crippen molar-refractivity contribution in [2.75, 3.05) is 7.11 Å². The number of aromatic nitrogens is 2. The number of aryl methyl sites for hydroxylation is 1. The Labute approximate surface area is 147 Å². The Kier molecular flexibility index (Phi) is 5.75. The van der Waals surface area contributed by atoms with Gasteiger partial charge in [-0.05, 0) is 43.0 Å². The van der Waals surface area contributed by atoms with Gasteiger partial charge in [0.1, 0.15) is 17.6 Å². The number of rotatable bonds is 6. The maximum atomic E-state index is 11.6. The van der Waals surface area contributed by atoms with Crippen LogP contribution in [0.4, 0.5) is 0 Å². The summed E-state index contributed by atoms with van der Waals surface area (Å²) >= 11 is 0. The van der Waals surface area contributed by atoms with Crippen molar-refractivity contribution in [1.29, 1.82) is 0 Å². The Hall–Kier alpha value is -2.89. The minimum atomic E-state index is -1.10. The second-order valence-corrected chi connectivity index (χ2v) is 5.91. The first-order valence-electron chi connectivity index (χ1n) is 7.95. The molecule has 0 radical (unpaired) electrons. The summed E-state index contributed by atoms with van der Waals surface area (Å²) in [7, 11) is 1.42. The van der Waals surface area contributed by atoms with Crippen molar-refractivity contribution in [3.8, 4) is 17.5 Å². The zero-order chi connectivity index (χ0) is 18.6. The molecule has 1 heterocycles. The van der Waals surface area contributed by atoms with E-state index in [1.54, 1.807) is 6.92 Å². The van der Waals surface area contributed by atoms with Crippen molar-refractivity contribution in [3.05, 3.63) is 47.3 Å². The third kappa shape index (κ3) is 4.15. The number of carbonyl (C=O) groups is 1. The number of carboxylic acids is 1. The lowest BCUT2D eigenvalue weighted by atomic mass is 10.0. The van der Waals surface area contributed by atoms with E-state index < -0.39 is 5.97 Å². The molecule has 1 aromatic heterocycles. The Morgan fingerprint density at radius 1 is 1.20 bits per heavy atom. The molecule has 0 atom stereocenters. The number of nitrogens with zero attached hydrogens (tertiary/aromatic N) is 2. The topological polar surface area (TPSA) is 81.5 Å². The van der Waals surface area contributed by atoms with Crippen molar-refractivity contribution in [1.82, 2.24) is 9.97 Å². The third-order valence-corrected chi connectivity index (χ3v) is 3.71. The molecule has 0 aliphatic rings. The van der Waals surface area contributed by atoms with E-state index in [0.29, 0.717) is 11.7 Å². The van der Waals surface area contributed by atoms with Crippen LogP contribution in [0.15, 0.2) is 30.6 Å². The van der Waals surface area contributed by atoms with Gasteiger partial charge in [-0.3, -0.25) is 0 Å². The number of methoxy groups -OCH3 is 1. The first kappa shape index (κ1) is 18.4. The molecule has 25 heavy (non-hydrogen) atoms. The van der Waals surface area contributed by atoms with Crippen LogP contribution in [0.5, 0.6) is 17.5 Å². The molecule has 0 unspecified atom stereocenters. The van der Waals surface area contributed by atoms with E-state index >= 15 is 0 Å². The van der Waals surface area contributed by atoms with Gasteiger partial charge in [0.2, 0.25) is 11.8 Å². The SMILES string of the molecule is CC=C(C(=O)O)c1c(OC)ncnc1Oc1cc(C)cc(C(C)C)c1. The number of hydrogen-bond acceptors (Lipinski definition) is 5. The summed E-state index contributed by atoms with van der Waals surface area (Å²) in [4.78, 5) is 19.7. The predicted molar refractivity (Wildman–Crippen MR) is 95.2 cm³/mol. The maximum absolute atomic E-state index is 11.6. The van der Waals surface area contributed by atoms with Gasteiger partial charge in [0.25, 0.3) is 0 Å². The van der Waals surface area contributed by atoms with Crippen LogP contribution in [-0.2, 0) is 4.79 Å². The molecule has 2 aromatic rings. The number of hydrogen-bond donors (Lipinski definition) is 1. The van der Waals surface area contributed by atoms with E-state index in [9.17, 15) is 9.90 Å². The summed E-state index contributed by atoms with van der Waals surface area (Å²) in [5.74, 6) is 0.116. The molecule has 1 N–H and O–H groups in total. The Bertz CT molecular complexity index is 813. The van der Waals surface area contributed by atoms with E-state index in [1.807, 2.05) is 19.1 Å². The lowest BCUT2D eigenvalue weighted by molar-refractivity contribution is -0.130. The van der Waals surface area contributed by atoms with Gasteiger partial charge in [0, 0.05) is 0 Å². The second kappa shape index (κ2) is 7.79. The molecule has 1 aromatic carbocycles. The fourth-order valence-corrected chi connectivity index (χ4v) is 2.47. The maximum Gasteiger partial charge on any atom is 0.336 e. The fraction of sp³-hybridized carbons (Fsp3) is 0.316. The van der Waals surface area contributed by atoms with Gasteiger partial charge in [0.05, 0.1) is 12.7 Å². The third-order valence-electron chi connectivity index (χ3n) is 3.71. The molecule has 0 aliphatic heterocycles. The smallest absolute Gasteiger partial charge is 0.336 e. The number of allylic oxidation sites excluding steroid dienone is 1. The first-order valence-corrected chi connectivity index (χ1v) is 7.95. The monoisotopic (exact) mass is 342 g/mol. The minimum Gasteiger partial charge on any atom is -0.480 e. The molecular weight excluding hydrogens is 320 g/mol. The molecule has 0 saturated carbocycles.